The fraction of sp³-hybridized carbons (Fsp3) is 0.167. The van der Waals surface area contributed by atoms with Crippen LogP contribution >= 0.6 is 0 Å². The number of methoxy groups -OCH3 is 1. The predicted molar refractivity (Wildman–Crippen MR) is 65.9 cm³/mol. The summed E-state index contributed by atoms with van der Waals surface area (Å²) in [6.45, 7) is 0.380. The molecule has 1 aromatic heterocycles. The van der Waals surface area contributed by atoms with Gasteiger partial charge in [0, 0.05) is 23.9 Å². The van der Waals surface area contributed by atoms with Gasteiger partial charge < -0.3 is 15.2 Å². The molecule has 0 saturated carbocycles. The summed E-state index contributed by atoms with van der Waals surface area (Å²) in [4.78, 5) is 10.9. The number of benzene rings is 1. The average Bonchev–Trinajstić information content (AvgIpc) is 2.85. The molecule has 0 atom stereocenters. The van der Waals surface area contributed by atoms with E-state index in [1.54, 1.807) is 7.11 Å². The van der Waals surface area contributed by atoms with Gasteiger partial charge in [-0.2, -0.15) is 5.10 Å². The van der Waals surface area contributed by atoms with E-state index in [0.29, 0.717) is 12.1 Å². The number of aromatic amines is 1. The molecule has 0 spiro atoms. The number of hydrogen-bond acceptors (Lipinski definition) is 4. The van der Waals surface area contributed by atoms with Crippen molar-refractivity contribution in [2.24, 2.45) is 0 Å². The summed E-state index contributed by atoms with van der Waals surface area (Å²) in [7, 11) is 1.59. The largest absolute Gasteiger partial charge is 0.497 e. The van der Waals surface area contributed by atoms with Crippen LogP contribution in [0.15, 0.2) is 30.5 Å². The third-order valence-corrected chi connectivity index (χ3v) is 2.48. The number of nitrogens with zero attached hydrogens (tertiary/aromatic N) is 1. The van der Waals surface area contributed by atoms with Crippen LogP contribution in [0, 0.1) is 0 Å². The summed E-state index contributed by atoms with van der Waals surface area (Å²) in [5.74, 6) is -0.277. The van der Waals surface area contributed by atoms with Gasteiger partial charge in [0.05, 0.1) is 13.3 Å². The molecule has 6 heteroatoms. The van der Waals surface area contributed by atoms with E-state index in [1.165, 1.54) is 6.20 Å². The number of H-pyrrole nitrogens is 1. The van der Waals surface area contributed by atoms with E-state index in [9.17, 15) is 4.79 Å². The molecular formula is C12H13N3O3. The van der Waals surface area contributed by atoms with Gasteiger partial charge in [-0.15, -0.1) is 0 Å². The van der Waals surface area contributed by atoms with E-state index in [0.717, 1.165) is 11.4 Å². The highest BCUT2D eigenvalue weighted by molar-refractivity contribution is 5.87. The Morgan fingerprint density at radius 3 is 3.11 bits per heavy atom. The molecule has 0 bridgehead atoms. The number of rotatable bonds is 5. The third-order valence-electron chi connectivity index (χ3n) is 2.48. The minimum absolute atomic E-state index is 0.102. The van der Waals surface area contributed by atoms with E-state index in [2.05, 4.69) is 15.5 Å². The second-order valence-corrected chi connectivity index (χ2v) is 3.66. The zero-order valence-electron chi connectivity index (χ0n) is 9.80. The lowest BCUT2D eigenvalue weighted by Gasteiger charge is -2.07. The fourth-order valence-electron chi connectivity index (χ4n) is 1.56. The Bertz CT molecular complexity index is 551. The quantitative estimate of drug-likeness (QED) is 0.749. The van der Waals surface area contributed by atoms with Gasteiger partial charge in [-0.3, -0.25) is 5.10 Å². The highest BCUT2D eigenvalue weighted by atomic mass is 16.5. The Morgan fingerprint density at radius 2 is 2.39 bits per heavy atom. The number of aromatic carboxylic acids is 1. The standard InChI is InChI=1S/C12H13N3O3/c1-18-10-4-2-3-9(5-10)13-6-8-7-14-15-11(8)12(16)17/h2-5,7,13H,6H2,1H3,(H,14,15)(H,16,17). The normalized spacial score (nSPS) is 10.1. The molecule has 0 aliphatic heterocycles. The Balaban J connectivity index is 2.06. The SMILES string of the molecule is COc1cccc(NCc2cn[nH]c2C(=O)O)c1. The summed E-state index contributed by atoms with van der Waals surface area (Å²) in [5, 5.41) is 18.2. The molecule has 0 saturated heterocycles. The van der Waals surface area contributed by atoms with Crippen molar-refractivity contribution in [3.63, 3.8) is 0 Å². The third kappa shape index (κ3) is 2.60. The molecule has 0 fully saturated rings. The number of carboxylic acid groups (broad SMARTS) is 1. The first-order chi connectivity index (χ1) is 8.70. The molecule has 0 unspecified atom stereocenters. The summed E-state index contributed by atoms with van der Waals surface area (Å²) in [6.07, 6.45) is 1.50. The van der Waals surface area contributed by atoms with Crippen LogP contribution in [0.25, 0.3) is 0 Å². The Kier molecular flexibility index (Phi) is 3.47. The molecule has 2 rings (SSSR count). The van der Waals surface area contributed by atoms with Crippen LogP contribution in [-0.2, 0) is 6.54 Å². The minimum Gasteiger partial charge on any atom is -0.497 e. The topological polar surface area (TPSA) is 87.2 Å². The van der Waals surface area contributed by atoms with Gasteiger partial charge >= 0.3 is 5.97 Å². The number of aromatic nitrogens is 2. The van der Waals surface area contributed by atoms with Crippen molar-refractivity contribution in [1.82, 2.24) is 10.2 Å². The van der Waals surface area contributed by atoms with Crippen molar-refractivity contribution < 1.29 is 14.6 Å². The maximum atomic E-state index is 10.9. The van der Waals surface area contributed by atoms with Crippen molar-refractivity contribution in [3.05, 3.63) is 41.7 Å². The van der Waals surface area contributed by atoms with Crippen LogP contribution in [0.4, 0.5) is 5.69 Å². The van der Waals surface area contributed by atoms with E-state index >= 15 is 0 Å². The first-order valence-electron chi connectivity index (χ1n) is 5.34. The number of carbonyl (C=O) groups is 1. The first-order valence-corrected chi connectivity index (χ1v) is 5.34. The summed E-state index contributed by atoms with van der Waals surface area (Å²) >= 11 is 0. The second-order valence-electron chi connectivity index (χ2n) is 3.66. The lowest BCUT2D eigenvalue weighted by molar-refractivity contribution is 0.0689. The van der Waals surface area contributed by atoms with Gasteiger partial charge in [0.2, 0.25) is 0 Å². The lowest BCUT2D eigenvalue weighted by Crippen LogP contribution is -2.06. The second kappa shape index (κ2) is 5.22. The molecule has 1 aromatic carbocycles. The minimum atomic E-state index is -1.02. The van der Waals surface area contributed by atoms with Crippen LogP contribution in [0.2, 0.25) is 0 Å². The average molecular weight is 247 g/mol. The van der Waals surface area contributed by atoms with Crippen molar-refractivity contribution in [1.29, 1.82) is 0 Å². The fourth-order valence-corrected chi connectivity index (χ4v) is 1.56. The molecule has 2 aromatic rings. The van der Waals surface area contributed by atoms with Crippen molar-refractivity contribution in [2.75, 3.05) is 12.4 Å². The maximum absolute atomic E-state index is 10.9. The molecule has 1 heterocycles. The van der Waals surface area contributed by atoms with E-state index in [4.69, 9.17) is 9.84 Å². The van der Waals surface area contributed by atoms with Gasteiger partial charge in [0.15, 0.2) is 0 Å². The summed E-state index contributed by atoms with van der Waals surface area (Å²) < 4.78 is 5.10. The Labute approximate surface area is 104 Å². The van der Waals surface area contributed by atoms with E-state index in [1.807, 2.05) is 24.3 Å². The Hall–Kier alpha value is -2.50. The van der Waals surface area contributed by atoms with Crippen molar-refractivity contribution in [3.8, 4) is 5.75 Å². The van der Waals surface area contributed by atoms with Crippen LogP contribution in [0.1, 0.15) is 16.1 Å². The van der Waals surface area contributed by atoms with E-state index < -0.39 is 5.97 Å². The number of carboxylic acids is 1. The molecule has 6 nitrogen and oxygen atoms in total. The lowest BCUT2D eigenvalue weighted by atomic mass is 10.2. The van der Waals surface area contributed by atoms with Gasteiger partial charge in [0.1, 0.15) is 11.4 Å². The predicted octanol–water partition coefficient (Wildman–Crippen LogP) is 1.73. The number of ether oxygens (including phenoxy) is 1. The van der Waals surface area contributed by atoms with Gasteiger partial charge in [0.25, 0.3) is 0 Å². The van der Waals surface area contributed by atoms with Crippen LogP contribution in [0.5, 0.6) is 5.75 Å². The highest BCUT2D eigenvalue weighted by Crippen LogP contribution is 2.17. The van der Waals surface area contributed by atoms with Gasteiger partial charge in [-0.05, 0) is 12.1 Å². The molecule has 3 N–H and O–H groups in total. The van der Waals surface area contributed by atoms with Crippen LogP contribution in [-0.4, -0.2) is 28.4 Å². The molecule has 0 radical (unpaired) electrons. The van der Waals surface area contributed by atoms with E-state index in [-0.39, 0.29) is 5.69 Å². The monoisotopic (exact) mass is 247 g/mol. The van der Waals surface area contributed by atoms with Gasteiger partial charge in [-0.25, -0.2) is 4.79 Å². The molecule has 0 aliphatic carbocycles. The zero-order chi connectivity index (χ0) is 13.0. The molecule has 18 heavy (non-hydrogen) atoms. The molecule has 0 aliphatic rings. The molecule has 0 amide bonds. The molecular weight excluding hydrogens is 234 g/mol. The number of nitrogens with one attached hydrogen (secondary N) is 2. The Morgan fingerprint density at radius 1 is 1.56 bits per heavy atom. The number of hydrogen-bond donors (Lipinski definition) is 3. The van der Waals surface area contributed by atoms with Crippen molar-refractivity contribution in [2.45, 2.75) is 6.54 Å². The molecule has 94 valence electrons. The van der Waals surface area contributed by atoms with Crippen LogP contribution < -0.4 is 10.1 Å². The zero-order valence-corrected chi connectivity index (χ0v) is 9.80. The van der Waals surface area contributed by atoms with Gasteiger partial charge in [-0.1, -0.05) is 6.07 Å². The van der Waals surface area contributed by atoms with Crippen LogP contribution in [0.3, 0.4) is 0 Å². The number of anilines is 1. The summed E-state index contributed by atoms with van der Waals surface area (Å²) in [5.41, 5.74) is 1.56. The van der Waals surface area contributed by atoms with Crippen molar-refractivity contribution >= 4 is 11.7 Å². The maximum Gasteiger partial charge on any atom is 0.354 e. The highest BCUT2D eigenvalue weighted by Gasteiger charge is 2.11. The first kappa shape index (κ1) is 12.0. The smallest absolute Gasteiger partial charge is 0.354 e. The summed E-state index contributed by atoms with van der Waals surface area (Å²) in [6, 6.07) is 7.41.